The van der Waals surface area contributed by atoms with Gasteiger partial charge in [-0.2, -0.15) is 0 Å². The Morgan fingerprint density at radius 2 is 1.79 bits per heavy atom. The standard InChI is InChI=1S/C18H31N/c1-7-16(19)11-9-14(3)17-12-15(18(4,5)6)10-8-13(17)2/h8,10,12,14,16H,7,9,11,19H2,1-6H3. The van der Waals surface area contributed by atoms with Crippen LogP contribution in [0.1, 0.15) is 76.5 Å². The topological polar surface area (TPSA) is 26.0 Å². The molecule has 0 heterocycles. The van der Waals surface area contributed by atoms with E-state index in [2.05, 4.69) is 59.7 Å². The Balaban J connectivity index is 2.87. The van der Waals surface area contributed by atoms with Crippen molar-refractivity contribution < 1.29 is 0 Å². The van der Waals surface area contributed by atoms with Crippen molar-refractivity contribution in [2.45, 2.75) is 78.2 Å². The average Bonchev–Trinajstić information content (AvgIpc) is 2.34. The first-order valence-corrected chi connectivity index (χ1v) is 7.62. The van der Waals surface area contributed by atoms with Crippen LogP contribution in [0, 0.1) is 6.92 Å². The van der Waals surface area contributed by atoms with E-state index < -0.39 is 0 Å². The molecule has 0 bridgehead atoms. The molecule has 1 heteroatoms. The lowest BCUT2D eigenvalue weighted by atomic mass is 9.82. The zero-order valence-corrected chi connectivity index (χ0v) is 13.6. The van der Waals surface area contributed by atoms with Crippen LogP contribution in [0.5, 0.6) is 0 Å². The molecule has 0 amide bonds. The van der Waals surface area contributed by atoms with Crippen LogP contribution in [0.3, 0.4) is 0 Å². The van der Waals surface area contributed by atoms with E-state index in [0.717, 1.165) is 12.8 Å². The van der Waals surface area contributed by atoms with Gasteiger partial charge in [0.1, 0.15) is 0 Å². The van der Waals surface area contributed by atoms with Crippen molar-refractivity contribution in [2.75, 3.05) is 0 Å². The predicted molar refractivity (Wildman–Crippen MR) is 85.8 cm³/mol. The smallest absolute Gasteiger partial charge is 0.00364 e. The minimum Gasteiger partial charge on any atom is -0.328 e. The van der Waals surface area contributed by atoms with Gasteiger partial charge in [-0.15, -0.1) is 0 Å². The van der Waals surface area contributed by atoms with Crippen LogP contribution >= 0.6 is 0 Å². The van der Waals surface area contributed by atoms with E-state index in [1.54, 1.807) is 0 Å². The lowest BCUT2D eigenvalue weighted by Crippen LogP contribution is -2.19. The number of benzene rings is 1. The van der Waals surface area contributed by atoms with E-state index in [9.17, 15) is 0 Å². The minimum absolute atomic E-state index is 0.224. The Morgan fingerprint density at radius 3 is 2.32 bits per heavy atom. The van der Waals surface area contributed by atoms with E-state index in [0.29, 0.717) is 12.0 Å². The number of nitrogens with two attached hydrogens (primary N) is 1. The van der Waals surface area contributed by atoms with Crippen LogP contribution in [-0.2, 0) is 5.41 Å². The van der Waals surface area contributed by atoms with Crippen LogP contribution in [0.4, 0.5) is 0 Å². The second-order valence-electron chi connectivity index (χ2n) is 6.97. The Bertz CT molecular complexity index is 401. The van der Waals surface area contributed by atoms with Crippen LogP contribution < -0.4 is 5.73 Å². The molecule has 2 atom stereocenters. The quantitative estimate of drug-likeness (QED) is 0.800. The molecule has 0 aliphatic rings. The number of hydrogen-bond donors (Lipinski definition) is 1. The molecule has 2 N–H and O–H groups in total. The highest BCUT2D eigenvalue weighted by molar-refractivity contribution is 5.36. The maximum atomic E-state index is 6.04. The van der Waals surface area contributed by atoms with Gasteiger partial charge in [-0.05, 0) is 54.2 Å². The summed E-state index contributed by atoms with van der Waals surface area (Å²) in [5, 5.41) is 0. The second kappa shape index (κ2) is 6.56. The highest BCUT2D eigenvalue weighted by Gasteiger charge is 2.17. The van der Waals surface area contributed by atoms with Gasteiger partial charge in [-0.3, -0.25) is 0 Å². The zero-order chi connectivity index (χ0) is 14.6. The molecule has 19 heavy (non-hydrogen) atoms. The van der Waals surface area contributed by atoms with Gasteiger partial charge in [0.2, 0.25) is 0 Å². The van der Waals surface area contributed by atoms with E-state index in [1.165, 1.54) is 23.1 Å². The average molecular weight is 261 g/mol. The first-order chi connectivity index (χ1) is 8.75. The van der Waals surface area contributed by atoms with Gasteiger partial charge in [0.05, 0.1) is 0 Å². The van der Waals surface area contributed by atoms with Crippen LogP contribution in [0.2, 0.25) is 0 Å². The van der Waals surface area contributed by atoms with Crippen molar-refractivity contribution in [3.05, 3.63) is 34.9 Å². The molecule has 0 aliphatic heterocycles. The van der Waals surface area contributed by atoms with Crippen molar-refractivity contribution in [1.82, 2.24) is 0 Å². The molecule has 1 aromatic carbocycles. The number of rotatable bonds is 5. The van der Waals surface area contributed by atoms with Crippen molar-refractivity contribution in [1.29, 1.82) is 0 Å². The van der Waals surface area contributed by atoms with Crippen molar-refractivity contribution in [3.8, 4) is 0 Å². The maximum absolute atomic E-state index is 6.04. The molecular weight excluding hydrogens is 230 g/mol. The third-order valence-electron chi connectivity index (χ3n) is 4.17. The fourth-order valence-corrected chi connectivity index (χ4v) is 2.46. The van der Waals surface area contributed by atoms with Crippen LogP contribution in [0.15, 0.2) is 18.2 Å². The summed E-state index contributed by atoms with van der Waals surface area (Å²) in [6, 6.07) is 7.29. The first kappa shape index (κ1) is 16.2. The molecular formula is C18H31N. The van der Waals surface area contributed by atoms with Crippen molar-refractivity contribution in [2.24, 2.45) is 5.73 Å². The largest absolute Gasteiger partial charge is 0.328 e. The molecule has 0 saturated heterocycles. The molecule has 0 aromatic heterocycles. The van der Waals surface area contributed by atoms with Crippen molar-refractivity contribution >= 4 is 0 Å². The highest BCUT2D eigenvalue weighted by atomic mass is 14.6. The Morgan fingerprint density at radius 1 is 1.16 bits per heavy atom. The summed E-state index contributed by atoms with van der Waals surface area (Å²) < 4.78 is 0. The molecule has 0 aliphatic carbocycles. The van der Waals surface area contributed by atoms with Gasteiger partial charge in [0.25, 0.3) is 0 Å². The van der Waals surface area contributed by atoms with E-state index >= 15 is 0 Å². The van der Waals surface area contributed by atoms with Gasteiger partial charge in [-0.25, -0.2) is 0 Å². The number of aryl methyl sites for hydroxylation is 1. The van der Waals surface area contributed by atoms with Gasteiger partial charge >= 0.3 is 0 Å². The van der Waals surface area contributed by atoms with Gasteiger partial charge in [0.15, 0.2) is 0 Å². The lowest BCUT2D eigenvalue weighted by Gasteiger charge is -2.23. The van der Waals surface area contributed by atoms with Gasteiger partial charge < -0.3 is 5.73 Å². The molecule has 0 fully saturated rings. The zero-order valence-electron chi connectivity index (χ0n) is 13.6. The SMILES string of the molecule is CCC(N)CCC(C)c1cc(C(C)(C)C)ccc1C. The molecule has 0 spiro atoms. The Kier molecular flexibility index (Phi) is 5.61. The predicted octanol–water partition coefficient (Wildman–Crippen LogP) is 4.91. The number of hydrogen-bond acceptors (Lipinski definition) is 1. The normalized spacial score (nSPS) is 15.3. The molecule has 108 valence electrons. The Labute approximate surface area is 119 Å². The molecule has 0 saturated carbocycles. The van der Waals surface area contributed by atoms with Crippen LogP contribution in [-0.4, -0.2) is 6.04 Å². The van der Waals surface area contributed by atoms with Crippen LogP contribution in [0.25, 0.3) is 0 Å². The second-order valence-corrected chi connectivity index (χ2v) is 6.97. The summed E-state index contributed by atoms with van der Waals surface area (Å²) in [5.74, 6) is 0.597. The molecule has 2 unspecified atom stereocenters. The summed E-state index contributed by atoms with van der Waals surface area (Å²) in [5.41, 5.74) is 10.6. The maximum Gasteiger partial charge on any atom is 0.00364 e. The fraction of sp³-hybridized carbons (Fsp3) is 0.667. The summed E-state index contributed by atoms with van der Waals surface area (Å²) in [7, 11) is 0. The molecule has 1 rings (SSSR count). The van der Waals surface area contributed by atoms with Gasteiger partial charge in [-0.1, -0.05) is 52.8 Å². The minimum atomic E-state index is 0.224. The van der Waals surface area contributed by atoms with Gasteiger partial charge in [0, 0.05) is 6.04 Å². The summed E-state index contributed by atoms with van der Waals surface area (Å²) >= 11 is 0. The van der Waals surface area contributed by atoms with E-state index in [4.69, 9.17) is 5.73 Å². The molecule has 1 aromatic rings. The third kappa shape index (κ3) is 4.65. The first-order valence-electron chi connectivity index (χ1n) is 7.62. The summed E-state index contributed by atoms with van der Waals surface area (Å²) in [4.78, 5) is 0. The molecule has 0 radical (unpaired) electrons. The van der Waals surface area contributed by atoms with Crippen molar-refractivity contribution in [3.63, 3.8) is 0 Å². The fourth-order valence-electron chi connectivity index (χ4n) is 2.46. The summed E-state index contributed by atoms with van der Waals surface area (Å²) in [6.07, 6.45) is 3.38. The lowest BCUT2D eigenvalue weighted by molar-refractivity contribution is 0.527. The monoisotopic (exact) mass is 261 g/mol. The third-order valence-corrected chi connectivity index (χ3v) is 4.17. The summed E-state index contributed by atoms with van der Waals surface area (Å²) in [6.45, 7) is 13.5. The van der Waals surface area contributed by atoms with E-state index in [-0.39, 0.29) is 5.41 Å². The highest BCUT2D eigenvalue weighted by Crippen LogP contribution is 2.30. The molecule has 1 nitrogen and oxygen atoms in total. The van der Waals surface area contributed by atoms with E-state index in [1.807, 2.05) is 0 Å². The Hall–Kier alpha value is -0.820.